The Hall–Kier alpha value is -6.89. The molecule has 0 aliphatic carbocycles. The van der Waals surface area contributed by atoms with Crippen molar-refractivity contribution in [3.63, 3.8) is 0 Å². The van der Waals surface area contributed by atoms with E-state index in [0.717, 1.165) is 32.7 Å². The highest BCUT2D eigenvalue weighted by molar-refractivity contribution is 8.76. The van der Waals surface area contributed by atoms with Gasteiger partial charge < -0.3 is 64.1 Å². The van der Waals surface area contributed by atoms with Crippen molar-refractivity contribution in [2.45, 2.75) is 154 Å². The molecule has 0 radical (unpaired) electrons. The van der Waals surface area contributed by atoms with Crippen molar-refractivity contribution < 1.29 is 57.5 Å². The third-order valence-corrected chi connectivity index (χ3v) is 15.4. The Bertz CT molecular complexity index is 2480. The zero-order valence-electron chi connectivity index (χ0n) is 44.7. The summed E-state index contributed by atoms with van der Waals surface area (Å²) >= 11 is 0. The third kappa shape index (κ3) is 19.3. The van der Waals surface area contributed by atoms with Gasteiger partial charge in [-0.3, -0.25) is 52.7 Å². The quantitative estimate of drug-likeness (QED) is 0.0821. The Labute approximate surface area is 456 Å². The normalized spacial score (nSPS) is 22.0. The van der Waals surface area contributed by atoms with Crippen LogP contribution in [-0.2, 0) is 72.1 Å². The largest absolute Gasteiger partial charge is 0.494 e. The maximum absolute atomic E-state index is 14.4. The predicted molar refractivity (Wildman–Crippen MR) is 289 cm³/mol. The fourth-order valence-corrected chi connectivity index (χ4v) is 10.7. The molecule has 25 heteroatoms. The molecule has 422 valence electrons. The second-order valence-corrected chi connectivity index (χ2v) is 22.7. The van der Waals surface area contributed by atoms with E-state index in [1.807, 2.05) is 45.0 Å². The van der Waals surface area contributed by atoms with Crippen LogP contribution in [0.4, 0.5) is 0 Å². The summed E-state index contributed by atoms with van der Waals surface area (Å²) in [5.41, 5.74) is 17.3. The molecular formula is C52H75N11O12S2. The van der Waals surface area contributed by atoms with Crippen molar-refractivity contribution in [3.05, 3.63) is 65.2 Å². The molecule has 77 heavy (non-hydrogen) atoms. The zero-order chi connectivity index (χ0) is 57.1. The van der Waals surface area contributed by atoms with Crippen molar-refractivity contribution in [3.8, 4) is 5.75 Å². The summed E-state index contributed by atoms with van der Waals surface area (Å²) in [6, 6.07) is 4.78. The Balaban J connectivity index is 1.66. The first-order valence-corrected chi connectivity index (χ1v) is 28.2. The van der Waals surface area contributed by atoms with Crippen molar-refractivity contribution in [1.82, 2.24) is 42.1 Å². The summed E-state index contributed by atoms with van der Waals surface area (Å²) in [4.78, 5) is 152. The lowest BCUT2D eigenvalue weighted by Crippen LogP contribution is -2.64. The molecule has 0 unspecified atom stereocenters. The van der Waals surface area contributed by atoms with E-state index in [4.69, 9.17) is 21.9 Å². The fourth-order valence-electron chi connectivity index (χ4n) is 8.51. The number of amides is 11. The molecule has 1 saturated heterocycles. The van der Waals surface area contributed by atoms with Crippen LogP contribution in [0.5, 0.6) is 5.75 Å². The molecule has 23 nitrogen and oxygen atoms in total. The van der Waals surface area contributed by atoms with Crippen LogP contribution in [-0.4, -0.2) is 136 Å². The van der Waals surface area contributed by atoms with E-state index in [2.05, 4.69) is 37.2 Å². The zero-order valence-corrected chi connectivity index (χ0v) is 46.3. The number of ether oxygens (including phenoxy) is 1. The standard InChI is InChI=1S/C52H75N11O12S2/c1-8-29(5)43-49(72)57-34(18-19-40(53)64)45(68)58-36(25-41(54)65)46(69)59-38(27-77-76-21-20-42(66)56-35(47(70)61-43)23-30-14-16-33(17-15-30)75-9-2)48(71)62-52(6,7)51(74)60-37(22-28(3)4)50(73)63-26-32-13-11-10-12-31(32)24-39(63)44(55)67/h10-17,28-29,34-39,43H,8-9,18-27H2,1-7H3,(H2,53,64)(H2,54,65)(H2,55,67)(H,56,66)(H,57,72)(H,58,68)(H,59,69)(H,60,74)(H,61,70)(H,62,71)/t29-,34-,35+,36-,37-,38-,39+,43-/m0/s1. The van der Waals surface area contributed by atoms with Gasteiger partial charge in [-0.05, 0) is 74.3 Å². The van der Waals surface area contributed by atoms with Crippen LogP contribution in [0, 0.1) is 11.8 Å². The van der Waals surface area contributed by atoms with E-state index in [-0.39, 0.29) is 56.1 Å². The van der Waals surface area contributed by atoms with Crippen LogP contribution in [0.2, 0.25) is 0 Å². The van der Waals surface area contributed by atoms with Crippen LogP contribution >= 0.6 is 21.6 Å². The molecule has 2 aromatic carbocycles. The van der Waals surface area contributed by atoms with E-state index in [0.29, 0.717) is 24.3 Å². The number of nitrogens with one attached hydrogen (secondary N) is 7. The first-order chi connectivity index (χ1) is 36.3. The maximum atomic E-state index is 14.4. The number of benzene rings is 2. The molecule has 2 aromatic rings. The average Bonchev–Trinajstić information content (AvgIpc) is 3.36. The summed E-state index contributed by atoms with van der Waals surface area (Å²) in [5.74, 6) is -9.21. The second kappa shape index (κ2) is 29.6. The Morgan fingerprint density at radius 2 is 1.42 bits per heavy atom. The van der Waals surface area contributed by atoms with Gasteiger partial charge in [0.15, 0.2) is 0 Å². The number of nitrogens with zero attached hydrogens (tertiary/aromatic N) is 1. The second-order valence-electron chi connectivity index (χ2n) is 20.1. The number of hydrogen-bond donors (Lipinski definition) is 10. The van der Waals surface area contributed by atoms with Gasteiger partial charge >= 0.3 is 0 Å². The van der Waals surface area contributed by atoms with Crippen LogP contribution in [0.1, 0.15) is 104 Å². The fraction of sp³-hybridized carbons (Fsp3) is 0.558. The van der Waals surface area contributed by atoms with Gasteiger partial charge in [-0.2, -0.15) is 0 Å². The molecule has 0 spiro atoms. The van der Waals surface area contributed by atoms with Crippen molar-refractivity contribution in [2.75, 3.05) is 18.1 Å². The molecule has 1 fully saturated rings. The van der Waals surface area contributed by atoms with Crippen molar-refractivity contribution in [1.29, 1.82) is 0 Å². The van der Waals surface area contributed by atoms with Crippen LogP contribution in [0.25, 0.3) is 0 Å². The molecule has 11 amide bonds. The minimum Gasteiger partial charge on any atom is -0.494 e. The molecule has 4 rings (SSSR count). The predicted octanol–water partition coefficient (Wildman–Crippen LogP) is -0.112. The highest BCUT2D eigenvalue weighted by Crippen LogP contribution is 2.26. The number of carbonyl (C=O) groups is 11. The van der Waals surface area contributed by atoms with Crippen LogP contribution < -0.4 is 59.2 Å². The lowest BCUT2D eigenvalue weighted by atomic mass is 9.92. The minimum atomic E-state index is -1.78. The van der Waals surface area contributed by atoms with Crippen LogP contribution in [0.3, 0.4) is 0 Å². The van der Waals surface area contributed by atoms with E-state index in [1.54, 1.807) is 38.1 Å². The molecule has 2 aliphatic rings. The molecule has 0 bridgehead atoms. The minimum absolute atomic E-state index is 0.00832. The average molecular weight is 1110 g/mol. The molecule has 2 heterocycles. The van der Waals surface area contributed by atoms with Gasteiger partial charge in [-0.1, -0.05) is 92.1 Å². The van der Waals surface area contributed by atoms with Gasteiger partial charge in [0.1, 0.15) is 53.6 Å². The first kappa shape index (κ1) is 62.6. The van der Waals surface area contributed by atoms with E-state index < -0.39 is 132 Å². The van der Waals surface area contributed by atoms with Crippen LogP contribution in [0.15, 0.2) is 48.5 Å². The third-order valence-electron chi connectivity index (χ3n) is 13.0. The summed E-state index contributed by atoms with van der Waals surface area (Å²) in [6.45, 7) is 12.2. The van der Waals surface area contributed by atoms with Crippen molar-refractivity contribution in [2.24, 2.45) is 29.0 Å². The number of nitrogens with two attached hydrogens (primary N) is 3. The van der Waals surface area contributed by atoms with Gasteiger partial charge in [0.05, 0.1) is 13.0 Å². The highest BCUT2D eigenvalue weighted by Gasteiger charge is 2.41. The van der Waals surface area contributed by atoms with E-state index in [9.17, 15) is 52.7 Å². The first-order valence-electron chi connectivity index (χ1n) is 25.7. The maximum Gasteiger partial charge on any atom is 0.246 e. The molecule has 0 aromatic heterocycles. The molecule has 0 saturated carbocycles. The Morgan fingerprint density at radius 1 is 0.779 bits per heavy atom. The molecular weight excluding hydrogens is 1030 g/mol. The smallest absolute Gasteiger partial charge is 0.246 e. The summed E-state index contributed by atoms with van der Waals surface area (Å²) < 4.78 is 5.55. The number of hydrogen-bond acceptors (Lipinski definition) is 14. The van der Waals surface area contributed by atoms with Gasteiger partial charge in [0.25, 0.3) is 0 Å². The lowest BCUT2D eigenvalue weighted by Gasteiger charge is -2.38. The SMILES string of the molecule is CCOc1ccc(C[C@H]2NC(=O)CCSSC[C@@H](C(=O)NC(C)(C)C(=O)N[C@@H](CC(C)C)C(=O)N3Cc4ccccc4C[C@@H]3C(N)=O)NC(=O)[C@H](CC(N)=O)NC(=O)[C@H](CCC(N)=O)NC(=O)[C@H]([C@@H](C)CC)NC2=O)cc1. The number of rotatable bonds is 19. The topological polar surface area (TPSA) is 363 Å². The summed E-state index contributed by atoms with van der Waals surface area (Å²) in [5, 5.41) is 18.4. The molecule has 8 atom stereocenters. The Morgan fingerprint density at radius 3 is 2.03 bits per heavy atom. The Kier molecular flexibility index (Phi) is 24.1. The number of carbonyl (C=O) groups excluding carboxylic acids is 11. The van der Waals surface area contributed by atoms with E-state index in [1.165, 1.54) is 18.7 Å². The lowest BCUT2D eigenvalue weighted by molar-refractivity contribution is -0.145. The van der Waals surface area contributed by atoms with Gasteiger partial charge in [-0.15, -0.1) is 0 Å². The van der Waals surface area contributed by atoms with Gasteiger partial charge in [-0.25, -0.2) is 0 Å². The van der Waals surface area contributed by atoms with E-state index >= 15 is 0 Å². The summed E-state index contributed by atoms with van der Waals surface area (Å²) in [6.07, 6.45) is -1.01. The highest BCUT2D eigenvalue weighted by atomic mass is 33.1. The van der Waals surface area contributed by atoms with Crippen molar-refractivity contribution >= 4 is 86.6 Å². The molecule has 2 aliphatic heterocycles. The van der Waals surface area contributed by atoms with Gasteiger partial charge in [0.2, 0.25) is 65.0 Å². The summed E-state index contributed by atoms with van der Waals surface area (Å²) in [7, 11) is 2.21. The van der Waals surface area contributed by atoms with Gasteiger partial charge in [0, 0.05) is 43.7 Å². The monoisotopic (exact) mass is 1110 g/mol. The number of primary amides is 3. The molecule has 13 N–H and O–H groups in total. The number of fused-ring (bicyclic) bond motifs is 1.